The third kappa shape index (κ3) is 6.21. The lowest BCUT2D eigenvalue weighted by molar-refractivity contribution is -0.153. The maximum Gasteiger partial charge on any atom is 0.422 e. The third-order valence-corrected chi connectivity index (χ3v) is 3.65. The molecule has 25 heavy (non-hydrogen) atoms. The van der Waals surface area contributed by atoms with Gasteiger partial charge in [0.25, 0.3) is 0 Å². The summed E-state index contributed by atoms with van der Waals surface area (Å²) in [5.74, 6) is 0.986. The van der Waals surface area contributed by atoms with Crippen LogP contribution in [0.4, 0.5) is 13.2 Å². The van der Waals surface area contributed by atoms with Crippen molar-refractivity contribution >= 4 is 5.96 Å². The van der Waals surface area contributed by atoms with E-state index in [2.05, 4.69) is 27.8 Å². The molecule has 0 radical (unpaired) electrons. The molecular weight excluding hydrogens is 335 g/mol. The molecule has 138 valence electrons. The molecule has 0 saturated heterocycles. The molecule has 0 atom stereocenters. The molecule has 0 aliphatic heterocycles. The van der Waals surface area contributed by atoms with Crippen LogP contribution >= 0.6 is 0 Å². The Balaban J connectivity index is 1.92. The van der Waals surface area contributed by atoms with Crippen molar-refractivity contribution in [3.05, 3.63) is 35.9 Å². The standard InChI is InChI=1S/C17H22F3N3O2/c1-21-16(23-13-5-3-4-6-13)22-10-12-7-8-14(15(9-12)24-2)25-11-17(18,19)20/h3-4,7-9,13H,5-6,10-11H2,1-2H3,(H2,21,22,23). The van der Waals surface area contributed by atoms with E-state index in [1.54, 1.807) is 19.2 Å². The van der Waals surface area contributed by atoms with Crippen LogP contribution in [0.15, 0.2) is 35.3 Å². The van der Waals surface area contributed by atoms with Gasteiger partial charge in [0, 0.05) is 19.6 Å². The molecule has 0 fully saturated rings. The molecule has 0 spiro atoms. The second-order valence-corrected chi connectivity index (χ2v) is 5.60. The lowest BCUT2D eigenvalue weighted by Gasteiger charge is -2.17. The Morgan fingerprint density at radius 1 is 1.24 bits per heavy atom. The number of benzene rings is 1. The van der Waals surface area contributed by atoms with Crippen molar-refractivity contribution in [3.8, 4) is 11.5 Å². The first-order valence-corrected chi connectivity index (χ1v) is 7.90. The van der Waals surface area contributed by atoms with E-state index in [-0.39, 0.29) is 11.5 Å². The van der Waals surface area contributed by atoms with Gasteiger partial charge in [-0.3, -0.25) is 4.99 Å². The molecular formula is C17H22F3N3O2. The summed E-state index contributed by atoms with van der Waals surface area (Å²) in [7, 11) is 3.08. The highest BCUT2D eigenvalue weighted by molar-refractivity contribution is 5.80. The highest BCUT2D eigenvalue weighted by atomic mass is 19.4. The van der Waals surface area contributed by atoms with Gasteiger partial charge < -0.3 is 20.1 Å². The number of guanidine groups is 1. The molecule has 1 aliphatic rings. The average molecular weight is 357 g/mol. The molecule has 0 saturated carbocycles. The molecule has 0 unspecified atom stereocenters. The minimum absolute atomic E-state index is 0.0584. The van der Waals surface area contributed by atoms with Gasteiger partial charge in [-0.05, 0) is 30.5 Å². The number of aliphatic imine (C=N–C) groups is 1. The first kappa shape index (κ1) is 19.0. The lowest BCUT2D eigenvalue weighted by Crippen LogP contribution is -2.42. The first-order valence-electron chi connectivity index (χ1n) is 7.90. The Morgan fingerprint density at radius 2 is 1.96 bits per heavy atom. The van der Waals surface area contributed by atoms with E-state index in [4.69, 9.17) is 9.47 Å². The monoisotopic (exact) mass is 357 g/mol. The topological polar surface area (TPSA) is 54.9 Å². The predicted molar refractivity (Wildman–Crippen MR) is 90.0 cm³/mol. The summed E-state index contributed by atoms with van der Waals surface area (Å²) in [4.78, 5) is 4.17. The third-order valence-electron chi connectivity index (χ3n) is 3.65. The number of methoxy groups -OCH3 is 1. The Hall–Kier alpha value is -2.38. The van der Waals surface area contributed by atoms with Crippen molar-refractivity contribution in [1.29, 1.82) is 0 Å². The van der Waals surface area contributed by atoms with E-state index in [0.29, 0.717) is 18.5 Å². The summed E-state index contributed by atoms with van der Waals surface area (Å²) in [5.41, 5.74) is 0.837. The summed E-state index contributed by atoms with van der Waals surface area (Å²) in [6.45, 7) is -0.900. The molecule has 0 heterocycles. The zero-order chi connectivity index (χ0) is 18.3. The average Bonchev–Trinajstić information content (AvgIpc) is 3.09. The molecule has 0 bridgehead atoms. The fraction of sp³-hybridized carbons (Fsp3) is 0.471. The second kappa shape index (κ2) is 8.64. The summed E-state index contributed by atoms with van der Waals surface area (Å²) < 4.78 is 46.7. The van der Waals surface area contributed by atoms with Crippen LogP contribution in [0.25, 0.3) is 0 Å². The Morgan fingerprint density at radius 3 is 2.56 bits per heavy atom. The zero-order valence-corrected chi connectivity index (χ0v) is 14.2. The van der Waals surface area contributed by atoms with Gasteiger partial charge in [0.15, 0.2) is 24.1 Å². The van der Waals surface area contributed by atoms with Crippen LogP contribution in [0.2, 0.25) is 0 Å². The van der Waals surface area contributed by atoms with Gasteiger partial charge in [-0.1, -0.05) is 18.2 Å². The van der Waals surface area contributed by atoms with Crippen molar-refractivity contribution in [3.63, 3.8) is 0 Å². The zero-order valence-electron chi connectivity index (χ0n) is 14.2. The van der Waals surface area contributed by atoms with Crippen LogP contribution in [0.3, 0.4) is 0 Å². The van der Waals surface area contributed by atoms with E-state index in [9.17, 15) is 13.2 Å². The van der Waals surface area contributed by atoms with Crippen LogP contribution in [-0.2, 0) is 6.54 Å². The van der Waals surface area contributed by atoms with E-state index >= 15 is 0 Å². The lowest BCUT2D eigenvalue weighted by atomic mass is 10.2. The number of nitrogens with zero attached hydrogens (tertiary/aromatic N) is 1. The number of hydrogen-bond donors (Lipinski definition) is 2. The largest absolute Gasteiger partial charge is 0.493 e. The summed E-state index contributed by atoms with van der Waals surface area (Å²) >= 11 is 0. The van der Waals surface area contributed by atoms with E-state index in [1.807, 2.05) is 0 Å². The maximum atomic E-state index is 12.3. The molecule has 0 aromatic heterocycles. The molecule has 8 heteroatoms. The Bertz CT molecular complexity index is 622. The normalized spacial score (nSPS) is 15.3. The first-order chi connectivity index (χ1) is 11.9. The number of alkyl halides is 3. The van der Waals surface area contributed by atoms with Crippen LogP contribution in [0, 0.1) is 0 Å². The Kier molecular flexibility index (Phi) is 6.55. The van der Waals surface area contributed by atoms with Crippen LogP contribution in [0.5, 0.6) is 11.5 Å². The SMILES string of the molecule is CN=C(NCc1ccc(OCC(F)(F)F)c(OC)c1)NC1CC=CC1. The Labute approximate surface area is 144 Å². The predicted octanol–water partition coefficient (Wildman–Crippen LogP) is 3.02. The molecule has 0 amide bonds. The highest BCUT2D eigenvalue weighted by Crippen LogP contribution is 2.29. The number of rotatable bonds is 6. The van der Waals surface area contributed by atoms with Crippen molar-refractivity contribution in [2.24, 2.45) is 4.99 Å². The van der Waals surface area contributed by atoms with Crippen molar-refractivity contribution in [2.45, 2.75) is 31.6 Å². The summed E-state index contributed by atoms with van der Waals surface area (Å²) in [6.07, 6.45) is 1.77. The van der Waals surface area contributed by atoms with E-state index in [1.165, 1.54) is 13.2 Å². The summed E-state index contributed by atoms with van der Waals surface area (Å²) in [5, 5.41) is 6.48. The molecule has 1 aromatic rings. The minimum atomic E-state index is -4.39. The van der Waals surface area contributed by atoms with Crippen molar-refractivity contribution < 1.29 is 22.6 Å². The number of ether oxygens (including phenoxy) is 2. The molecule has 1 aromatic carbocycles. The van der Waals surface area contributed by atoms with Crippen molar-refractivity contribution in [2.75, 3.05) is 20.8 Å². The molecule has 2 N–H and O–H groups in total. The van der Waals surface area contributed by atoms with E-state index < -0.39 is 12.8 Å². The molecule has 1 aliphatic carbocycles. The van der Waals surface area contributed by atoms with Crippen LogP contribution in [-0.4, -0.2) is 38.9 Å². The smallest absolute Gasteiger partial charge is 0.422 e. The van der Waals surface area contributed by atoms with Gasteiger partial charge in [0.2, 0.25) is 0 Å². The fourth-order valence-electron chi connectivity index (χ4n) is 2.41. The fourth-order valence-corrected chi connectivity index (χ4v) is 2.41. The van der Waals surface area contributed by atoms with Gasteiger partial charge in [-0.2, -0.15) is 13.2 Å². The van der Waals surface area contributed by atoms with Gasteiger partial charge in [0.1, 0.15) is 0 Å². The van der Waals surface area contributed by atoms with Gasteiger partial charge >= 0.3 is 6.18 Å². The van der Waals surface area contributed by atoms with Gasteiger partial charge in [-0.25, -0.2) is 0 Å². The van der Waals surface area contributed by atoms with Crippen molar-refractivity contribution in [1.82, 2.24) is 10.6 Å². The quantitative estimate of drug-likeness (QED) is 0.467. The van der Waals surface area contributed by atoms with Gasteiger partial charge in [0.05, 0.1) is 7.11 Å². The van der Waals surface area contributed by atoms with E-state index in [0.717, 1.165) is 18.4 Å². The second-order valence-electron chi connectivity index (χ2n) is 5.60. The molecule has 5 nitrogen and oxygen atoms in total. The number of hydrogen-bond acceptors (Lipinski definition) is 3. The number of halogens is 3. The molecule has 2 rings (SSSR count). The van der Waals surface area contributed by atoms with Crippen LogP contribution < -0.4 is 20.1 Å². The number of nitrogens with one attached hydrogen (secondary N) is 2. The van der Waals surface area contributed by atoms with Gasteiger partial charge in [-0.15, -0.1) is 0 Å². The summed E-state index contributed by atoms with van der Waals surface area (Å²) in [6, 6.07) is 5.13. The maximum absolute atomic E-state index is 12.3. The minimum Gasteiger partial charge on any atom is -0.493 e. The van der Waals surface area contributed by atoms with Crippen LogP contribution in [0.1, 0.15) is 18.4 Å². The highest BCUT2D eigenvalue weighted by Gasteiger charge is 2.29.